The van der Waals surface area contributed by atoms with Gasteiger partial charge < -0.3 is 14.4 Å². The minimum absolute atomic E-state index is 0.136. The smallest absolute Gasteiger partial charge is 0.342 e. The third-order valence-corrected chi connectivity index (χ3v) is 4.32. The lowest BCUT2D eigenvalue weighted by molar-refractivity contribution is -0.135. The van der Waals surface area contributed by atoms with Gasteiger partial charge in [-0.15, -0.1) is 0 Å². The molecule has 1 aliphatic heterocycles. The molecule has 1 saturated heterocycles. The summed E-state index contributed by atoms with van der Waals surface area (Å²) in [4.78, 5) is 26.3. The van der Waals surface area contributed by atoms with E-state index in [0.717, 1.165) is 43.1 Å². The van der Waals surface area contributed by atoms with Crippen molar-refractivity contribution >= 4 is 22.6 Å². The lowest BCUT2D eigenvalue weighted by atomic mass is 10.1. The number of carbonyl (C=O) groups is 2. The van der Waals surface area contributed by atoms with Crippen molar-refractivity contribution < 1.29 is 19.1 Å². The number of methoxy groups -OCH3 is 1. The molecule has 126 valence electrons. The Morgan fingerprint density at radius 3 is 2.38 bits per heavy atom. The number of esters is 1. The van der Waals surface area contributed by atoms with E-state index < -0.39 is 5.97 Å². The molecule has 0 atom stereocenters. The Hall–Kier alpha value is -2.56. The fourth-order valence-electron chi connectivity index (χ4n) is 2.99. The van der Waals surface area contributed by atoms with Gasteiger partial charge in [-0.2, -0.15) is 0 Å². The third-order valence-electron chi connectivity index (χ3n) is 4.32. The normalized spacial score (nSPS) is 14.5. The second-order valence-corrected chi connectivity index (χ2v) is 5.92. The second kappa shape index (κ2) is 7.34. The topological polar surface area (TPSA) is 55.8 Å². The van der Waals surface area contributed by atoms with Crippen LogP contribution in [0.25, 0.3) is 10.8 Å². The highest BCUT2D eigenvalue weighted by Gasteiger charge is 2.20. The van der Waals surface area contributed by atoms with E-state index in [1.807, 2.05) is 24.3 Å². The quantitative estimate of drug-likeness (QED) is 0.810. The molecule has 1 fully saturated rings. The molecule has 1 amide bonds. The summed E-state index contributed by atoms with van der Waals surface area (Å²) in [5, 5.41) is 1.91. The molecule has 0 radical (unpaired) electrons. The summed E-state index contributed by atoms with van der Waals surface area (Å²) in [5.74, 6) is -0.227. The van der Waals surface area contributed by atoms with Crippen LogP contribution in [-0.4, -0.2) is 43.6 Å². The number of amides is 1. The number of fused-ring (bicyclic) bond motifs is 1. The number of hydrogen-bond acceptors (Lipinski definition) is 4. The van der Waals surface area contributed by atoms with Gasteiger partial charge in [0.2, 0.25) is 0 Å². The standard InChI is InChI=1S/C19H21NO4/c1-23-17-12-15-8-4-3-7-14(15)11-16(17)19(22)24-13-18(21)20-9-5-2-6-10-20/h3-4,7-8,11-12H,2,5-6,9-10,13H2,1H3. The number of benzene rings is 2. The molecule has 2 aromatic carbocycles. The fourth-order valence-corrected chi connectivity index (χ4v) is 2.99. The lowest BCUT2D eigenvalue weighted by Crippen LogP contribution is -2.38. The molecule has 24 heavy (non-hydrogen) atoms. The fraction of sp³-hybridized carbons (Fsp3) is 0.368. The molecule has 3 rings (SSSR count). The van der Waals surface area contributed by atoms with Crippen molar-refractivity contribution in [3.8, 4) is 5.75 Å². The number of hydrogen-bond donors (Lipinski definition) is 0. The van der Waals surface area contributed by atoms with Gasteiger partial charge in [-0.05, 0) is 42.2 Å². The van der Waals surface area contributed by atoms with Crippen LogP contribution in [0.2, 0.25) is 0 Å². The van der Waals surface area contributed by atoms with Gasteiger partial charge in [0.1, 0.15) is 11.3 Å². The van der Waals surface area contributed by atoms with E-state index in [9.17, 15) is 9.59 Å². The van der Waals surface area contributed by atoms with Gasteiger partial charge in [0.05, 0.1) is 7.11 Å². The molecular weight excluding hydrogens is 306 g/mol. The Labute approximate surface area is 141 Å². The van der Waals surface area contributed by atoms with Crippen molar-refractivity contribution in [3.63, 3.8) is 0 Å². The number of carbonyl (C=O) groups excluding carboxylic acids is 2. The van der Waals surface area contributed by atoms with E-state index in [-0.39, 0.29) is 12.5 Å². The molecule has 0 saturated carbocycles. The zero-order chi connectivity index (χ0) is 16.9. The van der Waals surface area contributed by atoms with Crippen LogP contribution < -0.4 is 4.74 Å². The van der Waals surface area contributed by atoms with E-state index in [2.05, 4.69) is 0 Å². The number of likely N-dealkylation sites (tertiary alicyclic amines) is 1. The molecule has 0 spiro atoms. The van der Waals surface area contributed by atoms with Crippen LogP contribution in [-0.2, 0) is 9.53 Å². The minimum atomic E-state index is -0.539. The predicted octanol–water partition coefficient (Wildman–Crippen LogP) is 3.02. The molecule has 1 aliphatic rings. The first kappa shape index (κ1) is 16.3. The molecule has 5 nitrogen and oxygen atoms in total. The van der Waals surface area contributed by atoms with Crippen molar-refractivity contribution in [1.82, 2.24) is 4.90 Å². The molecule has 0 bridgehead atoms. The Kier molecular flexibility index (Phi) is 4.99. The third kappa shape index (κ3) is 3.50. The summed E-state index contributed by atoms with van der Waals surface area (Å²) in [6.45, 7) is 1.26. The highest BCUT2D eigenvalue weighted by molar-refractivity contribution is 5.99. The van der Waals surface area contributed by atoms with Gasteiger partial charge in [-0.3, -0.25) is 4.79 Å². The molecule has 0 aromatic heterocycles. The van der Waals surface area contributed by atoms with Gasteiger partial charge in [0.25, 0.3) is 5.91 Å². The Bertz CT molecular complexity index is 750. The van der Waals surface area contributed by atoms with Gasteiger partial charge in [-0.1, -0.05) is 24.3 Å². The Balaban J connectivity index is 1.72. The molecule has 0 N–H and O–H groups in total. The van der Waals surface area contributed by atoms with E-state index >= 15 is 0 Å². The maximum Gasteiger partial charge on any atom is 0.342 e. The summed E-state index contributed by atoms with van der Waals surface area (Å²) in [7, 11) is 1.51. The average molecular weight is 327 g/mol. The molecule has 5 heteroatoms. The zero-order valence-corrected chi connectivity index (χ0v) is 13.8. The van der Waals surface area contributed by atoms with Crippen molar-refractivity contribution in [1.29, 1.82) is 0 Å². The van der Waals surface area contributed by atoms with Crippen LogP contribution in [0.15, 0.2) is 36.4 Å². The highest BCUT2D eigenvalue weighted by atomic mass is 16.5. The average Bonchev–Trinajstić information content (AvgIpc) is 2.65. The SMILES string of the molecule is COc1cc2ccccc2cc1C(=O)OCC(=O)N1CCCCC1. The molecule has 1 heterocycles. The maximum absolute atomic E-state index is 12.4. The highest BCUT2D eigenvalue weighted by Crippen LogP contribution is 2.26. The maximum atomic E-state index is 12.4. The number of piperidine rings is 1. The molecule has 0 aliphatic carbocycles. The van der Waals surface area contributed by atoms with E-state index in [1.54, 1.807) is 17.0 Å². The predicted molar refractivity (Wildman–Crippen MR) is 91.2 cm³/mol. The van der Waals surface area contributed by atoms with Crippen LogP contribution in [0.4, 0.5) is 0 Å². The molecule has 0 unspecified atom stereocenters. The van der Waals surface area contributed by atoms with Crippen LogP contribution in [0, 0.1) is 0 Å². The van der Waals surface area contributed by atoms with Crippen LogP contribution in [0.1, 0.15) is 29.6 Å². The lowest BCUT2D eigenvalue weighted by Gasteiger charge is -2.26. The van der Waals surface area contributed by atoms with Crippen molar-refractivity contribution in [2.24, 2.45) is 0 Å². The van der Waals surface area contributed by atoms with Crippen LogP contribution >= 0.6 is 0 Å². The summed E-state index contributed by atoms with van der Waals surface area (Å²) < 4.78 is 10.5. The zero-order valence-electron chi connectivity index (χ0n) is 13.8. The van der Waals surface area contributed by atoms with Crippen molar-refractivity contribution in [2.75, 3.05) is 26.8 Å². The van der Waals surface area contributed by atoms with Gasteiger partial charge in [-0.25, -0.2) is 4.79 Å². The minimum Gasteiger partial charge on any atom is -0.496 e. The van der Waals surface area contributed by atoms with Crippen molar-refractivity contribution in [2.45, 2.75) is 19.3 Å². The van der Waals surface area contributed by atoms with E-state index in [1.165, 1.54) is 7.11 Å². The summed E-state index contributed by atoms with van der Waals surface area (Å²) >= 11 is 0. The van der Waals surface area contributed by atoms with Gasteiger partial charge in [0.15, 0.2) is 6.61 Å². The first-order chi connectivity index (χ1) is 11.7. The van der Waals surface area contributed by atoms with Gasteiger partial charge in [0, 0.05) is 13.1 Å². The van der Waals surface area contributed by atoms with E-state index in [0.29, 0.717) is 11.3 Å². The summed E-state index contributed by atoms with van der Waals surface area (Å²) in [5.41, 5.74) is 0.336. The van der Waals surface area contributed by atoms with Crippen LogP contribution in [0.3, 0.4) is 0 Å². The number of ether oxygens (including phenoxy) is 2. The van der Waals surface area contributed by atoms with E-state index in [4.69, 9.17) is 9.47 Å². The summed E-state index contributed by atoms with van der Waals surface area (Å²) in [6, 6.07) is 11.2. The number of rotatable bonds is 4. The first-order valence-corrected chi connectivity index (χ1v) is 8.21. The second-order valence-electron chi connectivity index (χ2n) is 5.92. The first-order valence-electron chi connectivity index (χ1n) is 8.21. The molecular formula is C19H21NO4. The number of nitrogens with zero attached hydrogens (tertiary/aromatic N) is 1. The van der Waals surface area contributed by atoms with Crippen molar-refractivity contribution in [3.05, 3.63) is 42.0 Å². The largest absolute Gasteiger partial charge is 0.496 e. The van der Waals surface area contributed by atoms with Gasteiger partial charge >= 0.3 is 5.97 Å². The summed E-state index contributed by atoms with van der Waals surface area (Å²) in [6.07, 6.45) is 3.17. The van der Waals surface area contributed by atoms with Crippen LogP contribution in [0.5, 0.6) is 5.75 Å². The molecule has 2 aromatic rings. The Morgan fingerprint density at radius 2 is 1.71 bits per heavy atom. The monoisotopic (exact) mass is 327 g/mol. The Morgan fingerprint density at radius 1 is 1.04 bits per heavy atom.